The van der Waals surface area contributed by atoms with Crippen LogP contribution in [-0.2, 0) is 11.3 Å². The Morgan fingerprint density at radius 1 is 0.926 bits per heavy atom. The highest BCUT2D eigenvalue weighted by atomic mass is 79.9. The van der Waals surface area contributed by atoms with Crippen molar-refractivity contribution in [2.75, 3.05) is 6.54 Å². The lowest BCUT2D eigenvalue weighted by Gasteiger charge is -2.18. The fourth-order valence-corrected chi connectivity index (χ4v) is 3.47. The number of halogens is 1. The molecule has 5 heteroatoms. The monoisotopic (exact) mass is 424 g/mol. The normalized spacial score (nSPS) is 10.7. The molecule has 1 aromatic heterocycles. The third-order valence-corrected chi connectivity index (χ3v) is 4.89. The van der Waals surface area contributed by atoms with Gasteiger partial charge in [0.05, 0.1) is 0 Å². The molecule has 3 aromatic rings. The lowest BCUT2D eigenvalue weighted by atomic mass is 9.88. The van der Waals surface area contributed by atoms with Gasteiger partial charge in [-0.2, -0.15) is 0 Å². The third-order valence-electron chi connectivity index (χ3n) is 4.42. The molecule has 1 amide bonds. The quantitative estimate of drug-likeness (QED) is 0.624. The Labute approximate surface area is 167 Å². The molecule has 0 aliphatic rings. The van der Waals surface area contributed by atoms with Crippen LogP contribution in [0, 0.1) is 0 Å². The van der Waals surface area contributed by atoms with Gasteiger partial charge < -0.3 is 9.88 Å². The summed E-state index contributed by atoms with van der Waals surface area (Å²) in [4.78, 5) is 24.1. The van der Waals surface area contributed by atoms with Crippen molar-refractivity contribution in [3.63, 3.8) is 0 Å². The number of amides is 1. The molecule has 1 N–H and O–H groups in total. The predicted octanol–water partition coefficient (Wildman–Crippen LogP) is 3.95. The number of aromatic nitrogens is 1. The summed E-state index contributed by atoms with van der Waals surface area (Å²) in [5.41, 5.74) is 2.25. The van der Waals surface area contributed by atoms with E-state index in [1.165, 1.54) is 21.8 Å². The maximum Gasteiger partial charge on any atom is 0.251 e. The SMILES string of the molecule is O=C(Cn1cc(Br)ccc1=O)NCCC(c1ccccc1)c1ccccc1. The Kier molecular flexibility index (Phi) is 6.60. The number of carbonyl (C=O) groups is 1. The zero-order valence-electron chi connectivity index (χ0n) is 14.8. The van der Waals surface area contributed by atoms with Crippen molar-refractivity contribution in [3.8, 4) is 0 Å². The first-order valence-electron chi connectivity index (χ1n) is 8.86. The number of rotatable bonds is 7. The van der Waals surface area contributed by atoms with Crippen LogP contribution >= 0.6 is 15.9 Å². The Morgan fingerprint density at radius 2 is 1.52 bits per heavy atom. The second-order valence-corrected chi connectivity index (χ2v) is 7.24. The Balaban J connectivity index is 1.63. The van der Waals surface area contributed by atoms with Crippen molar-refractivity contribution in [1.82, 2.24) is 9.88 Å². The van der Waals surface area contributed by atoms with Crippen molar-refractivity contribution >= 4 is 21.8 Å². The van der Waals surface area contributed by atoms with E-state index in [2.05, 4.69) is 45.5 Å². The fraction of sp³-hybridized carbons (Fsp3) is 0.182. The molecule has 0 saturated carbocycles. The number of hydrogen-bond donors (Lipinski definition) is 1. The van der Waals surface area contributed by atoms with Crippen LogP contribution in [0.4, 0.5) is 0 Å². The van der Waals surface area contributed by atoms with Gasteiger partial charge in [-0.25, -0.2) is 0 Å². The van der Waals surface area contributed by atoms with E-state index in [0.717, 1.165) is 10.9 Å². The first-order valence-corrected chi connectivity index (χ1v) is 9.65. The van der Waals surface area contributed by atoms with E-state index < -0.39 is 0 Å². The van der Waals surface area contributed by atoms with Crippen molar-refractivity contribution in [1.29, 1.82) is 0 Å². The molecule has 0 aliphatic heterocycles. The molecular formula is C22H21BrN2O2. The Bertz CT molecular complexity index is 900. The number of hydrogen-bond acceptors (Lipinski definition) is 2. The minimum Gasteiger partial charge on any atom is -0.355 e. The molecule has 0 aliphatic carbocycles. The lowest BCUT2D eigenvalue weighted by molar-refractivity contribution is -0.121. The third kappa shape index (κ3) is 5.41. The maximum atomic E-state index is 12.2. The van der Waals surface area contributed by atoms with Gasteiger partial charge in [0.1, 0.15) is 6.54 Å². The molecule has 138 valence electrons. The molecular weight excluding hydrogens is 404 g/mol. The van der Waals surface area contributed by atoms with Gasteiger partial charge in [0.15, 0.2) is 0 Å². The second-order valence-electron chi connectivity index (χ2n) is 6.33. The molecule has 1 heterocycles. The molecule has 4 nitrogen and oxygen atoms in total. The highest BCUT2D eigenvalue weighted by molar-refractivity contribution is 9.10. The van der Waals surface area contributed by atoms with Crippen LogP contribution in [0.3, 0.4) is 0 Å². The van der Waals surface area contributed by atoms with E-state index in [1.807, 2.05) is 36.4 Å². The molecule has 0 bridgehead atoms. The van der Waals surface area contributed by atoms with Gasteiger partial charge in [0.25, 0.3) is 5.56 Å². The summed E-state index contributed by atoms with van der Waals surface area (Å²) in [6, 6.07) is 23.7. The molecule has 27 heavy (non-hydrogen) atoms. The second kappa shape index (κ2) is 9.33. The zero-order valence-corrected chi connectivity index (χ0v) is 16.4. The van der Waals surface area contributed by atoms with Crippen molar-refractivity contribution in [2.45, 2.75) is 18.9 Å². The number of nitrogens with zero attached hydrogens (tertiary/aromatic N) is 1. The average molecular weight is 425 g/mol. The highest BCUT2D eigenvalue weighted by Crippen LogP contribution is 2.27. The Hall–Kier alpha value is -2.66. The van der Waals surface area contributed by atoms with Gasteiger partial charge in [-0.3, -0.25) is 9.59 Å². The van der Waals surface area contributed by atoms with Gasteiger partial charge in [-0.05, 0) is 39.5 Å². The minimum absolute atomic E-state index is 0.0135. The molecule has 0 unspecified atom stereocenters. The summed E-state index contributed by atoms with van der Waals surface area (Å²) in [5, 5.41) is 2.93. The first kappa shape index (κ1) is 19.1. The molecule has 0 fully saturated rings. The van der Waals surface area contributed by atoms with Crippen LogP contribution in [0.5, 0.6) is 0 Å². The van der Waals surface area contributed by atoms with Crippen LogP contribution in [0.15, 0.2) is 88.3 Å². The molecule has 0 saturated heterocycles. The first-order chi connectivity index (χ1) is 13.1. The van der Waals surface area contributed by atoms with Crippen molar-refractivity contribution < 1.29 is 4.79 Å². The van der Waals surface area contributed by atoms with Crippen molar-refractivity contribution in [3.05, 3.63) is 105 Å². The van der Waals surface area contributed by atoms with Crippen molar-refractivity contribution in [2.24, 2.45) is 0 Å². The van der Waals surface area contributed by atoms with Crippen LogP contribution in [0.1, 0.15) is 23.5 Å². The summed E-state index contributed by atoms with van der Waals surface area (Å²) in [5.74, 6) is 0.0383. The predicted molar refractivity (Wildman–Crippen MR) is 111 cm³/mol. The van der Waals surface area contributed by atoms with Crippen LogP contribution in [-0.4, -0.2) is 17.0 Å². The summed E-state index contributed by atoms with van der Waals surface area (Å²) in [6.45, 7) is 0.551. The molecule has 0 radical (unpaired) electrons. The highest BCUT2D eigenvalue weighted by Gasteiger charge is 2.14. The number of carbonyl (C=O) groups excluding carboxylic acids is 1. The number of benzene rings is 2. The van der Waals surface area contributed by atoms with Gasteiger partial charge in [0, 0.05) is 29.2 Å². The molecule has 2 aromatic carbocycles. The van der Waals surface area contributed by atoms with Gasteiger partial charge >= 0.3 is 0 Å². The zero-order chi connectivity index (χ0) is 19.1. The average Bonchev–Trinajstić information content (AvgIpc) is 2.69. The van der Waals surface area contributed by atoms with E-state index in [-0.39, 0.29) is 23.9 Å². The largest absolute Gasteiger partial charge is 0.355 e. The van der Waals surface area contributed by atoms with E-state index in [9.17, 15) is 9.59 Å². The smallest absolute Gasteiger partial charge is 0.251 e. The van der Waals surface area contributed by atoms with E-state index in [1.54, 1.807) is 12.3 Å². The van der Waals surface area contributed by atoms with E-state index in [4.69, 9.17) is 0 Å². The number of pyridine rings is 1. The minimum atomic E-state index is -0.195. The van der Waals surface area contributed by atoms with Gasteiger partial charge in [-0.1, -0.05) is 60.7 Å². The molecule has 0 atom stereocenters. The fourth-order valence-electron chi connectivity index (χ4n) is 3.09. The van der Waals surface area contributed by atoms with Crippen LogP contribution in [0.25, 0.3) is 0 Å². The van der Waals surface area contributed by atoms with Crippen LogP contribution in [0.2, 0.25) is 0 Å². The van der Waals surface area contributed by atoms with Gasteiger partial charge in [-0.15, -0.1) is 0 Å². The van der Waals surface area contributed by atoms with E-state index in [0.29, 0.717) is 6.54 Å². The topological polar surface area (TPSA) is 51.1 Å². The standard InChI is InChI=1S/C22H21BrN2O2/c23-19-11-12-22(27)25(15-19)16-21(26)24-14-13-20(17-7-3-1-4-8-17)18-9-5-2-6-10-18/h1-12,15,20H,13-14,16H2,(H,24,26). The summed E-state index contributed by atoms with van der Waals surface area (Å²) in [7, 11) is 0. The van der Waals surface area contributed by atoms with E-state index >= 15 is 0 Å². The van der Waals surface area contributed by atoms with Gasteiger partial charge in [0.2, 0.25) is 5.91 Å². The molecule has 3 rings (SSSR count). The Morgan fingerprint density at radius 3 is 2.11 bits per heavy atom. The van der Waals surface area contributed by atoms with Crippen LogP contribution < -0.4 is 10.9 Å². The lowest BCUT2D eigenvalue weighted by Crippen LogP contribution is -2.32. The summed E-state index contributed by atoms with van der Waals surface area (Å²) in [6.07, 6.45) is 2.41. The molecule has 0 spiro atoms. The number of nitrogens with one attached hydrogen (secondary N) is 1. The summed E-state index contributed by atoms with van der Waals surface area (Å²) < 4.78 is 2.16. The summed E-state index contributed by atoms with van der Waals surface area (Å²) >= 11 is 3.32. The maximum absolute atomic E-state index is 12.2.